The van der Waals surface area contributed by atoms with E-state index in [1.807, 2.05) is 0 Å². The van der Waals surface area contributed by atoms with Gasteiger partial charge in [-0.3, -0.25) is 0 Å². The van der Waals surface area contributed by atoms with Crippen LogP contribution in [-0.4, -0.2) is 50.1 Å². The van der Waals surface area contributed by atoms with Crippen molar-refractivity contribution in [1.82, 2.24) is 9.62 Å². The topological polar surface area (TPSA) is 95.7 Å². The Morgan fingerprint density at radius 1 is 1.57 bits per heavy atom. The van der Waals surface area contributed by atoms with Gasteiger partial charge in [0, 0.05) is 25.7 Å². The molecule has 1 heterocycles. The van der Waals surface area contributed by atoms with Crippen LogP contribution in [0.4, 0.5) is 0 Å². The van der Waals surface area contributed by atoms with Crippen molar-refractivity contribution >= 4 is 10.2 Å². The highest BCUT2D eigenvalue weighted by Crippen LogP contribution is 2.11. The third-order valence-corrected chi connectivity index (χ3v) is 3.34. The second kappa shape index (κ2) is 5.04. The largest absolute Gasteiger partial charge is 0.395 e. The minimum atomic E-state index is -3.55. The maximum absolute atomic E-state index is 11.0. The molecule has 1 atom stereocenters. The van der Waals surface area contributed by atoms with Crippen LogP contribution in [0.25, 0.3) is 0 Å². The van der Waals surface area contributed by atoms with Crippen LogP contribution in [0.5, 0.6) is 0 Å². The van der Waals surface area contributed by atoms with Gasteiger partial charge in [-0.2, -0.15) is 12.7 Å². The van der Waals surface area contributed by atoms with E-state index in [9.17, 15) is 8.42 Å². The number of hydrogen-bond acceptors (Lipinski definition) is 4. The molecular weight excluding hydrogens is 206 g/mol. The minimum Gasteiger partial charge on any atom is -0.395 e. The first-order valence-corrected chi connectivity index (χ1v) is 6.16. The SMILES string of the molecule is NS(=O)(=O)N1CCCC(NCCO)C1. The third-order valence-electron chi connectivity index (χ3n) is 2.29. The molecule has 84 valence electrons. The van der Waals surface area contributed by atoms with E-state index in [1.54, 1.807) is 0 Å². The highest BCUT2D eigenvalue weighted by atomic mass is 32.2. The van der Waals surface area contributed by atoms with Crippen molar-refractivity contribution in [2.75, 3.05) is 26.2 Å². The molecular formula is C7H17N3O3S. The molecule has 0 amide bonds. The Bertz CT molecular complexity index is 267. The van der Waals surface area contributed by atoms with Gasteiger partial charge in [-0.25, -0.2) is 5.14 Å². The molecule has 0 aromatic rings. The number of nitrogens with two attached hydrogens (primary N) is 1. The van der Waals surface area contributed by atoms with Crippen LogP contribution in [0.3, 0.4) is 0 Å². The van der Waals surface area contributed by atoms with E-state index >= 15 is 0 Å². The molecule has 0 aliphatic carbocycles. The Kier molecular flexibility index (Phi) is 4.27. The van der Waals surface area contributed by atoms with Crippen molar-refractivity contribution in [1.29, 1.82) is 0 Å². The van der Waals surface area contributed by atoms with Gasteiger partial charge in [0.15, 0.2) is 0 Å². The van der Waals surface area contributed by atoms with Gasteiger partial charge in [-0.05, 0) is 12.8 Å². The van der Waals surface area contributed by atoms with Gasteiger partial charge in [0.1, 0.15) is 0 Å². The van der Waals surface area contributed by atoms with Gasteiger partial charge in [0.2, 0.25) is 0 Å². The van der Waals surface area contributed by atoms with Crippen LogP contribution in [0.15, 0.2) is 0 Å². The number of piperidine rings is 1. The summed E-state index contributed by atoms with van der Waals surface area (Å²) in [4.78, 5) is 0. The predicted molar refractivity (Wildman–Crippen MR) is 52.8 cm³/mol. The zero-order valence-corrected chi connectivity index (χ0v) is 8.83. The van der Waals surface area contributed by atoms with Crippen LogP contribution in [0.2, 0.25) is 0 Å². The van der Waals surface area contributed by atoms with E-state index in [0.717, 1.165) is 12.8 Å². The average molecular weight is 223 g/mol. The minimum absolute atomic E-state index is 0.0614. The molecule has 1 aliphatic rings. The average Bonchev–Trinajstić information content (AvgIpc) is 2.14. The molecule has 1 aliphatic heterocycles. The second-order valence-corrected chi connectivity index (χ2v) is 4.97. The Morgan fingerprint density at radius 2 is 2.29 bits per heavy atom. The van der Waals surface area contributed by atoms with E-state index in [-0.39, 0.29) is 12.6 Å². The number of hydrogen-bond donors (Lipinski definition) is 3. The maximum atomic E-state index is 11.0. The van der Waals surface area contributed by atoms with E-state index in [2.05, 4.69) is 5.32 Å². The van der Waals surface area contributed by atoms with Crippen molar-refractivity contribution in [2.24, 2.45) is 5.14 Å². The van der Waals surface area contributed by atoms with Crippen LogP contribution < -0.4 is 10.5 Å². The zero-order chi connectivity index (χ0) is 10.6. The number of aliphatic hydroxyl groups excluding tert-OH is 1. The molecule has 0 bridgehead atoms. The lowest BCUT2D eigenvalue weighted by Crippen LogP contribution is -2.50. The van der Waals surface area contributed by atoms with Crippen molar-refractivity contribution in [3.05, 3.63) is 0 Å². The molecule has 1 rings (SSSR count). The number of nitrogens with zero attached hydrogens (tertiary/aromatic N) is 1. The summed E-state index contributed by atoms with van der Waals surface area (Å²) in [6, 6.07) is 0.106. The molecule has 0 spiro atoms. The summed E-state index contributed by atoms with van der Waals surface area (Å²) < 4.78 is 23.3. The van der Waals surface area contributed by atoms with E-state index in [4.69, 9.17) is 10.2 Å². The first-order chi connectivity index (χ1) is 6.54. The van der Waals surface area contributed by atoms with E-state index in [0.29, 0.717) is 19.6 Å². The Labute approximate surface area is 84.3 Å². The summed E-state index contributed by atoms with van der Waals surface area (Å²) in [7, 11) is -3.55. The van der Waals surface area contributed by atoms with Gasteiger partial charge in [-0.1, -0.05) is 0 Å². The standard InChI is InChI=1S/C7H17N3O3S/c8-14(12,13)10-4-1-2-7(6-10)9-3-5-11/h7,9,11H,1-6H2,(H2,8,12,13). The smallest absolute Gasteiger partial charge is 0.276 e. The maximum Gasteiger partial charge on any atom is 0.276 e. The molecule has 14 heavy (non-hydrogen) atoms. The van der Waals surface area contributed by atoms with Crippen LogP contribution in [0, 0.1) is 0 Å². The van der Waals surface area contributed by atoms with E-state index < -0.39 is 10.2 Å². The second-order valence-electron chi connectivity index (χ2n) is 3.42. The van der Waals surface area contributed by atoms with Gasteiger partial charge in [0.05, 0.1) is 6.61 Å². The molecule has 6 nitrogen and oxygen atoms in total. The molecule has 0 radical (unpaired) electrons. The fourth-order valence-electron chi connectivity index (χ4n) is 1.61. The third kappa shape index (κ3) is 3.50. The Balaban J connectivity index is 2.44. The highest BCUT2D eigenvalue weighted by Gasteiger charge is 2.25. The molecule has 4 N–H and O–H groups in total. The highest BCUT2D eigenvalue weighted by molar-refractivity contribution is 7.86. The van der Waals surface area contributed by atoms with Crippen molar-refractivity contribution in [2.45, 2.75) is 18.9 Å². The van der Waals surface area contributed by atoms with Crippen LogP contribution in [0.1, 0.15) is 12.8 Å². The Morgan fingerprint density at radius 3 is 2.86 bits per heavy atom. The lowest BCUT2D eigenvalue weighted by Gasteiger charge is -2.30. The summed E-state index contributed by atoms with van der Waals surface area (Å²) in [5.74, 6) is 0. The zero-order valence-electron chi connectivity index (χ0n) is 8.02. The predicted octanol–water partition coefficient (Wildman–Crippen LogP) is -1.76. The molecule has 1 fully saturated rings. The van der Waals surface area contributed by atoms with Crippen molar-refractivity contribution in [3.8, 4) is 0 Å². The normalized spacial score (nSPS) is 25.1. The molecule has 0 aromatic carbocycles. The number of nitrogens with one attached hydrogen (secondary N) is 1. The number of aliphatic hydroxyl groups is 1. The summed E-state index contributed by atoms with van der Waals surface area (Å²) in [5.41, 5.74) is 0. The van der Waals surface area contributed by atoms with E-state index in [1.165, 1.54) is 4.31 Å². The monoisotopic (exact) mass is 223 g/mol. The molecule has 1 unspecified atom stereocenters. The molecule has 7 heteroatoms. The fraction of sp³-hybridized carbons (Fsp3) is 1.00. The molecule has 0 saturated carbocycles. The Hall–Kier alpha value is -0.210. The van der Waals surface area contributed by atoms with Gasteiger partial charge >= 0.3 is 0 Å². The lowest BCUT2D eigenvalue weighted by molar-refractivity contribution is 0.249. The summed E-state index contributed by atoms with van der Waals surface area (Å²) in [5, 5.41) is 16.7. The summed E-state index contributed by atoms with van der Waals surface area (Å²) in [6.07, 6.45) is 1.73. The molecule has 0 aromatic heterocycles. The summed E-state index contributed by atoms with van der Waals surface area (Å²) in [6.45, 7) is 1.45. The van der Waals surface area contributed by atoms with Crippen molar-refractivity contribution in [3.63, 3.8) is 0 Å². The van der Waals surface area contributed by atoms with Gasteiger partial charge in [0.25, 0.3) is 10.2 Å². The van der Waals surface area contributed by atoms with Crippen LogP contribution in [-0.2, 0) is 10.2 Å². The quantitative estimate of drug-likeness (QED) is 0.526. The van der Waals surface area contributed by atoms with Crippen LogP contribution >= 0.6 is 0 Å². The summed E-state index contributed by atoms with van der Waals surface area (Å²) >= 11 is 0. The molecule has 1 saturated heterocycles. The number of rotatable bonds is 4. The first-order valence-electron chi connectivity index (χ1n) is 4.66. The first kappa shape index (κ1) is 11.9. The lowest BCUT2D eigenvalue weighted by atomic mass is 10.1. The van der Waals surface area contributed by atoms with Gasteiger partial charge in [-0.15, -0.1) is 0 Å². The van der Waals surface area contributed by atoms with Crippen molar-refractivity contribution < 1.29 is 13.5 Å². The fourth-order valence-corrected chi connectivity index (χ4v) is 2.38. The van der Waals surface area contributed by atoms with Gasteiger partial charge < -0.3 is 10.4 Å².